The van der Waals surface area contributed by atoms with E-state index in [0.29, 0.717) is 11.8 Å². The number of guanidine groups is 1. The van der Waals surface area contributed by atoms with Gasteiger partial charge in [0.1, 0.15) is 0 Å². The van der Waals surface area contributed by atoms with Crippen LogP contribution in [-0.4, -0.2) is 53.4 Å². The van der Waals surface area contributed by atoms with Crippen LogP contribution in [0.25, 0.3) is 0 Å². The molecule has 0 bridgehead atoms. The molecule has 3 heterocycles. The van der Waals surface area contributed by atoms with Crippen LogP contribution in [0, 0.1) is 12.8 Å². The Morgan fingerprint density at radius 2 is 2.07 bits per heavy atom. The number of ether oxygens (including phenoxy) is 1. The molecule has 2 aliphatic heterocycles. The monoisotopic (exact) mass is 409 g/mol. The zero-order chi connectivity index (χ0) is 20.9. The van der Waals surface area contributed by atoms with Gasteiger partial charge in [0, 0.05) is 57.9 Å². The van der Waals surface area contributed by atoms with E-state index in [9.17, 15) is 0 Å². The summed E-state index contributed by atoms with van der Waals surface area (Å²) in [5.41, 5.74) is 3.90. The summed E-state index contributed by atoms with van der Waals surface area (Å²) in [6.45, 7) is 8.84. The lowest BCUT2D eigenvalue weighted by molar-refractivity contribution is -0.0250. The summed E-state index contributed by atoms with van der Waals surface area (Å²) < 4.78 is 8.09. The second-order valence-electron chi connectivity index (χ2n) is 8.68. The Labute approximate surface area is 180 Å². The second kappa shape index (κ2) is 9.65. The van der Waals surface area contributed by atoms with E-state index >= 15 is 0 Å². The molecule has 0 spiro atoms. The van der Waals surface area contributed by atoms with Crippen molar-refractivity contribution in [3.05, 3.63) is 53.3 Å². The van der Waals surface area contributed by atoms with Gasteiger partial charge in [0.05, 0.1) is 12.3 Å². The van der Waals surface area contributed by atoms with Crippen LogP contribution in [0.4, 0.5) is 0 Å². The van der Waals surface area contributed by atoms with Gasteiger partial charge in [0.25, 0.3) is 0 Å². The van der Waals surface area contributed by atoms with E-state index in [1.807, 2.05) is 17.9 Å². The Bertz CT molecular complexity index is 844. The molecule has 1 aromatic heterocycles. The van der Waals surface area contributed by atoms with E-state index in [2.05, 4.69) is 59.6 Å². The lowest BCUT2D eigenvalue weighted by Gasteiger charge is -2.32. The number of nitrogens with zero attached hydrogens (tertiary/aromatic N) is 4. The molecule has 0 radical (unpaired) electrons. The van der Waals surface area contributed by atoms with E-state index in [4.69, 9.17) is 9.73 Å². The molecule has 2 saturated heterocycles. The summed E-state index contributed by atoms with van der Waals surface area (Å²) in [4.78, 5) is 7.48. The molecule has 1 aromatic carbocycles. The molecular formula is C24H35N5O. The molecule has 30 heavy (non-hydrogen) atoms. The number of aryl methyl sites for hydroxylation is 2. The maximum atomic E-state index is 6.20. The molecule has 3 atom stereocenters. The topological polar surface area (TPSA) is 54.7 Å². The summed E-state index contributed by atoms with van der Waals surface area (Å²) >= 11 is 0. The van der Waals surface area contributed by atoms with Gasteiger partial charge in [-0.05, 0) is 44.2 Å². The summed E-state index contributed by atoms with van der Waals surface area (Å²) in [5.74, 6) is 1.99. The van der Waals surface area contributed by atoms with Gasteiger partial charge < -0.3 is 15.0 Å². The average molecular weight is 410 g/mol. The van der Waals surface area contributed by atoms with Crippen LogP contribution >= 0.6 is 0 Å². The molecule has 1 N–H and O–H groups in total. The molecule has 0 aliphatic carbocycles. The quantitative estimate of drug-likeness (QED) is 0.605. The molecule has 0 amide bonds. The van der Waals surface area contributed by atoms with Crippen molar-refractivity contribution >= 4 is 5.96 Å². The highest BCUT2D eigenvalue weighted by molar-refractivity contribution is 5.80. The summed E-state index contributed by atoms with van der Waals surface area (Å²) in [5, 5.41) is 7.86. The third-order valence-electron chi connectivity index (χ3n) is 6.35. The number of benzene rings is 1. The van der Waals surface area contributed by atoms with Gasteiger partial charge in [-0.15, -0.1) is 0 Å². The molecule has 0 saturated carbocycles. The predicted octanol–water partition coefficient (Wildman–Crippen LogP) is 3.65. The molecule has 2 aromatic rings. The number of hydrogen-bond acceptors (Lipinski definition) is 3. The van der Waals surface area contributed by atoms with Crippen LogP contribution in [0.15, 0.2) is 41.7 Å². The third-order valence-corrected chi connectivity index (χ3v) is 6.35. The fraction of sp³-hybridized carbons (Fsp3) is 0.583. The Balaban J connectivity index is 1.44. The van der Waals surface area contributed by atoms with Crippen molar-refractivity contribution in [3.63, 3.8) is 0 Å². The maximum absolute atomic E-state index is 6.20. The zero-order valence-electron chi connectivity index (χ0n) is 18.6. The lowest BCUT2D eigenvalue weighted by Crippen LogP contribution is -2.40. The van der Waals surface area contributed by atoms with Gasteiger partial charge in [-0.25, -0.2) is 0 Å². The SMILES string of the molecule is CCNC(=NCC1CCCOC1c1ccc(C)cc1)N1CCC(c2cnn(C)c2)C1. The molecule has 6 nitrogen and oxygen atoms in total. The standard InChI is InChI=1S/C24H35N5O/c1-4-25-24(29-12-11-21(17-29)22-15-27-28(3)16-22)26-14-20-6-5-13-30-23(20)19-9-7-18(2)8-10-19/h7-10,15-16,20-21,23H,4-6,11-14,17H2,1-3H3,(H,25,26). The first kappa shape index (κ1) is 20.9. The van der Waals surface area contributed by atoms with E-state index in [1.54, 1.807) is 0 Å². The number of aromatic nitrogens is 2. The van der Waals surface area contributed by atoms with Gasteiger partial charge >= 0.3 is 0 Å². The van der Waals surface area contributed by atoms with Crippen molar-refractivity contribution in [2.24, 2.45) is 18.0 Å². The van der Waals surface area contributed by atoms with Crippen molar-refractivity contribution in [2.75, 3.05) is 32.8 Å². The van der Waals surface area contributed by atoms with E-state index in [0.717, 1.165) is 51.6 Å². The first-order chi connectivity index (χ1) is 14.6. The number of rotatable bonds is 5. The maximum Gasteiger partial charge on any atom is 0.193 e. The van der Waals surface area contributed by atoms with Crippen molar-refractivity contribution in [1.82, 2.24) is 20.0 Å². The van der Waals surface area contributed by atoms with Crippen LogP contribution in [0.3, 0.4) is 0 Å². The van der Waals surface area contributed by atoms with E-state index in [1.165, 1.54) is 23.1 Å². The fourth-order valence-electron chi connectivity index (χ4n) is 4.66. The molecule has 162 valence electrons. The van der Waals surface area contributed by atoms with E-state index in [-0.39, 0.29) is 6.10 Å². The molecule has 2 fully saturated rings. The Hall–Kier alpha value is -2.34. The fourth-order valence-corrected chi connectivity index (χ4v) is 4.66. The van der Waals surface area contributed by atoms with Crippen LogP contribution in [-0.2, 0) is 11.8 Å². The summed E-state index contributed by atoms with van der Waals surface area (Å²) in [7, 11) is 1.98. The molecule has 4 rings (SSSR count). The highest BCUT2D eigenvalue weighted by atomic mass is 16.5. The number of likely N-dealkylation sites (tertiary alicyclic amines) is 1. The first-order valence-corrected chi connectivity index (χ1v) is 11.3. The number of nitrogens with one attached hydrogen (secondary N) is 1. The van der Waals surface area contributed by atoms with Crippen molar-refractivity contribution in [1.29, 1.82) is 0 Å². The highest BCUT2D eigenvalue weighted by Crippen LogP contribution is 2.34. The third kappa shape index (κ3) is 4.86. The molecular weight excluding hydrogens is 374 g/mol. The smallest absolute Gasteiger partial charge is 0.193 e. The van der Waals surface area contributed by atoms with Gasteiger partial charge in [0.2, 0.25) is 0 Å². The van der Waals surface area contributed by atoms with Gasteiger partial charge in [-0.3, -0.25) is 9.67 Å². The van der Waals surface area contributed by atoms with Crippen LogP contribution in [0.2, 0.25) is 0 Å². The normalized spacial score (nSPS) is 25.0. The van der Waals surface area contributed by atoms with E-state index < -0.39 is 0 Å². The zero-order valence-corrected chi connectivity index (χ0v) is 18.6. The minimum Gasteiger partial charge on any atom is -0.373 e. The Morgan fingerprint density at radius 3 is 2.80 bits per heavy atom. The molecule has 6 heteroatoms. The second-order valence-corrected chi connectivity index (χ2v) is 8.68. The van der Waals surface area contributed by atoms with Crippen molar-refractivity contribution in [2.45, 2.75) is 45.1 Å². The first-order valence-electron chi connectivity index (χ1n) is 11.3. The van der Waals surface area contributed by atoms with Gasteiger partial charge in [-0.2, -0.15) is 5.10 Å². The minimum atomic E-state index is 0.146. The van der Waals surface area contributed by atoms with Crippen LogP contribution in [0.1, 0.15) is 54.9 Å². The number of aliphatic imine (C=N–C) groups is 1. The Morgan fingerprint density at radius 1 is 1.23 bits per heavy atom. The van der Waals surface area contributed by atoms with Gasteiger partial charge in [-0.1, -0.05) is 29.8 Å². The van der Waals surface area contributed by atoms with Crippen molar-refractivity contribution in [3.8, 4) is 0 Å². The molecule has 2 aliphatic rings. The lowest BCUT2D eigenvalue weighted by atomic mass is 9.89. The summed E-state index contributed by atoms with van der Waals surface area (Å²) in [6.07, 6.45) is 7.72. The highest BCUT2D eigenvalue weighted by Gasteiger charge is 2.29. The Kier molecular flexibility index (Phi) is 6.72. The summed E-state index contributed by atoms with van der Waals surface area (Å²) in [6, 6.07) is 8.79. The average Bonchev–Trinajstić information content (AvgIpc) is 3.41. The van der Waals surface area contributed by atoms with Crippen molar-refractivity contribution < 1.29 is 4.74 Å². The minimum absolute atomic E-state index is 0.146. The molecule has 3 unspecified atom stereocenters. The number of hydrogen-bond donors (Lipinski definition) is 1. The van der Waals surface area contributed by atoms with Crippen LogP contribution in [0.5, 0.6) is 0 Å². The largest absolute Gasteiger partial charge is 0.373 e. The van der Waals surface area contributed by atoms with Crippen LogP contribution < -0.4 is 5.32 Å². The van der Waals surface area contributed by atoms with Gasteiger partial charge in [0.15, 0.2) is 5.96 Å². The predicted molar refractivity (Wildman–Crippen MR) is 121 cm³/mol.